The third-order valence-corrected chi connectivity index (χ3v) is 2.38. The zero-order chi connectivity index (χ0) is 10.0. The highest BCUT2D eigenvalue weighted by molar-refractivity contribution is 5.43. The Balaban J connectivity index is 3.18. The standard InChI is InChI=1S/C10H15NO2/c1-6-7(2)9(12)4-3-8(6)10(13)5-11/h3-4,10,12-13H,5,11H2,1-2H3. The first-order valence-corrected chi connectivity index (χ1v) is 4.25. The lowest BCUT2D eigenvalue weighted by Gasteiger charge is -2.14. The molecule has 0 heterocycles. The molecule has 0 spiro atoms. The molecule has 1 aromatic carbocycles. The van der Waals surface area contributed by atoms with Crippen molar-refractivity contribution in [2.45, 2.75) is 20.0 Å². The van der Waals surface area contributed by atoms with Gasteiger partial charge in [0.1, 0.15) is 5.75 Å². The minimum Gasteiger partial charge on any atom is -0.508 e. The molecule has 72 valence electrons. The molecule has 3 heteroatoms. The highest BCUT2D eigenvalue weighted by Gasteiger charge is 2.11. The average Bonchev–Trinajstić information content (AvgIpc) is 2.13. The van der Waals surface area contributed by atoms with Gasteiger partial charge in [0, 0.05) is 6.54 Å². The van der Waals surface area contributed by atoms with E-state index in [4.69, 9.17) is 5.73 Å². The summed E-state index contributed by atoms with van der Waals surface area (Å²) in [6.07, 6.45) is -0.640. The summed E-state index contributed by atoms with van der Waals surface area (Å²) in [7, 11) is 0. The zero-order valence-corrected chi connectivity index (χ0v) is 7.91. The van der Waals surface area contributed by atoms with Crippen molar-refractivity contribution in [1.82, 2.24) is 0 Å². The van der Waals surface area contributed by atoms with Crippen molar-refractivity contribution >= 4 is 0 Å². The SMILES string of the molecule is Cc1c(O)ccc(C(O)CN)c1C. The second-order valence-corrected chi connectivity index (χ2v) is 3.18. The molecule has 0 aromatic heterocycles. The quantitative estimate of drug-likeness (QED) is 0.637. The molecule has 0 radical (unpaired) electrons. The number of phenols is 1. The molecular weight excluding hydrogens is 166 g/mol. The van der Waals surface area contributed by atoms with Crippen LogP contribution in [-0.2, 0) is 0 Å². The normalized spacial score (nSPS) is 12.9. The number of aromatic hydroxyl groups is 1. The number of aliphatic hydroxyl groups is 1. The Morgan fingerprint density at radius 2 is 1.92 bits per heavy atom. The molecule has 0 fully saturated rings. The molecule has 0 amide bonds. The Morgan fingerprint density at radius 1 is 1.31 bits per heavy atom. The predicted molar refractivity (Wildman–Crippen MR) is 51.6 cm³/mol. The number of aliphatic hydroxyl groups excluding tert-OH is 1. The monoisotopic (exact) mass is 181 g/mol. The summed E-state index contributed by atoms with van der Waals surface area (Å²) in [6, 6.07) is 3.28. The number of nitrogens with two attached hydrogens (primary N) is 1. The minimum atomic E-state index is -0.640. The molecule has 0 aliphatic heterocycles. The summed E-state index contributed by atoms with van der Waals surface area (Å²) < 4.78 is 0. The van der Waals surface area contributed by atoms with Crippen LogP contribution in [0, 0.1) is 13.8 Å². The van der Waals surface area contributed by atoms with Gasteiger partial charge in [-0.3, -0.25) is 0 Å². The highest BCUT2D eigenvalue weighted by Crippen LogP contribution is 2.26. The van der Waals surface area contributed by atoms with Crippen LogP contribution in [0.5, 0.6) is 5.75 Å². The van der Waals surface area contributed by atoms with Crippen LogP contribution in [0.2, 0.25) is 0 Å². The molecule has 1 rings (SSSR count). The van der Waals surface area contributed by atoms with E-state index >= 15 is 0 Å². The van der Waals surface area contributed by atoms with Crippen LogP contribution in [-0.4, -0.2) is 16.8 Å². The van der Waals surface area contributed by atoms with Gasteiger partial charge in [0.15, 0.2) is 0 Å². The van der Waals surface area contributed by atoms with Crippen molar-refractivity contribution in [2.75, 3.05) is 6.54 Å². The molecule has 0 bridgehead atoms. The van der Waals surface area contributed by atoms with Crippen LogP contribution >= 0.6 is 0 Å². The van der Waals surface area contributed by atoms with Gasteiger partial charge in [-0.1, -0.05) is 6.07 Å². The number of phenolic OH excluding ortho intramolecular Hbond substituents is 1. The third-order valence-electron chi connectivity index (χ3n) is 2.38. The van der Waals surface area contributed by atoms with E-state index in [0.29, 0.717) is 0 Å². The van der Waals surface area contributed by atoms with E-state index in [1.807, 2.05) is 13.8 Å². The second kappa shape index (κ2) is 3.77. The van der Waals surface area contributed by atoms with E-state index in [1.165, 1.54) is 0 Å². The van der Waals surface area contributed by atoms with Crippen molar-refractivity contribution in [3.8, 4) is 5.75 Å². The Labute approximate surface area is 77.8 Å². The van der Waals surface area contributed by atoms with Crippen molar-refractivity contribution < 1.29 is 10.2 Å². The van der Waals surface area contributed by atoms with Crippen LogP contribution in [0.15, 0.2) is 12.1 Å². The lowest BCUT2D eigenvalue weighted by Crippen LogP contribution is -2.13. The number of benzene rings is 1. The predicted octanol–water partition coefficient (Wildman–Crippen LogP) is 1.00. The summed E-state index contributed by atoms with van der Waals surface area (Å²) in [5.74, 6) is 0.255. The summed E-state index contributed by atoms with van der Waals surface area (Å²) in [4.78, 5) is 0. The van der Waals surface area contributed by atoms with Crippen LogP contribution in [0.4, 0.5) is 0 Å². The van der Waals surface area contributed by atoms with E-state index in [-0.39, 0.29) is 12.3 Å². The van der Waals surface area contributed by atoms with Crippen molar-refractivity contribution in [1.29, 1.82) is 0 Å². The van der Waals surface area contributed by atoms with Gasteiger partial charge in [-0.05, 0) is 36.6 Å². The van der Waals surface area contributed by atoms with Gasteiger partial charge in [-0.25, -0.2) is 0 Å². The molecule has 13 heavy (non-hydrogen) atoms. The van der Waals surface area contributed by atoms with Gasteiger partial charge < -0.3 is 15.9 Å². The van der Waals surface area contributed by atoms with E-state index in [9.17, 15) is 10.2 Å². The molecule has 1 aromatic rings. The summed E-state index contributed by atoms with van der Waals surface area (Å²) in [5.41, 5.74) is 7.84. The first-order valence-electron chi connectivity index (χ1n) is 4.25. The van der Waals surface area contributed by atoms with Gasteiger partial charge in [-0.15, -0.1) is 0 Å². The van der Waals surface area contributed by atoms with Crippen molar-refractivity contribution in [2.24, 2.45) is 5.73 Å². The van der Waals surface area contributed by atoms with Crippen molar-refractivity contribution in [3.63, 3.8) is 0 Å². The molecule has 0 saturated heterocycles. The highest BCUT2D eigenvalue weighted by atomic mass is 16.3. The van der Waals surface area contributed by atoms with Crippen molar-refractivity contribution in [3.05, 3.63) is 28.8 Å². The average molecular weight is 181 g/mol. The Kier molecular flexibility index (Phi) is 2.90. The molecule has 3 nitrogen and oxygen atoms in total. The minimum absolute atomic E-state index is 0.199. The topological polar surface area (TPSA) is 66.5 Å². The van der Waals surface area contributed by atoms with E-state index in [0.717, 1.165) is 16.7 Å². The van der Waals surface area contributed by atoms with E-state index < -0.39 is 6.10 Å². The fraction of sp³-hybridized carbons (Fsp3) is 0.400. The zero-order valence-electron chi connectivity index (χ0n) is 7.91. The second-order valence-electron chi connectivity index (χ2n) is 3.18. The van der Waals surface area contributed by atoms with Crippen LogP contribution in [0.3, 0.4) is 0 Å². The maximum absolute atomic E-state index is 9.52. The number of rotatable bonds is 2. The Morgan fingerprint density at radius 3 is 2.46 bits per heavy atom. The summed E-state index contributed by atoms with van der Waals surface area (Å²) >= 11 is 0. The van der Waals surface area contributed by atoms with E-state index in [2.05, 4.69) is 0 Å². The first-order chi connectivity index (χ1) is 6.07. The van der Waals surface area contributed by atoms with Gasteiger partial charge in [-0.2, -0.15) is 0 Å². The van der Waals surface area contributed by atoms with Crippen LogP contribution in [0.25, 0.3) is 0 Å². The summed E-state index contributed by atoms with van der Waals surface area (Å²) in [5, 5.41) is 18.9. The smallest absolute Gasteiger partial charge is 0.118 e. The lowest BCUT2D eigenvalue weighted by atomic mass is 9.98. The number of hydrogen-bond donors (Lipinski definition) is 3. The third kappa shape index (κ3) is 1.82. The van der Waals surface area contributed by atoms with Gasteiger partial charge in [0.2, 0.25) is 0 Å². The van der Waals surface area contributed by atoms with Crippen LogP contribution < -0.4 is 5.73 Å². The Hall–Kier alpha value is -1.06. The number of hydrogen-bond acceptors (Lipinski definition) is 3. The molecule has 4 N–H and O–H groups in total. The molecule has 0 aliphatic rings. The Bertz CT molecular complexity index is 310. The molecule has 0 aliphatic carbocycles. The fourth-order valence-corrected chi connectivity index (χ4v) is 1.32. The maximum atomic E-state index is 9.52. The molecule has 1 unspecified atom stereocenters. The fourth-order valence-electron chi connectivity index (χ4n) is 1.32. The maximum Gasteiger partial charge on any atom is 0.118 e. The molecule has 0 saturated carbocycles. The van der Waals surface area contributed by atoms with Crippen LogP contribution in [0.1, 0.15) is 22.8 Å². The summed E-state index contributed by atoms with van der Waals surface area (Å²) in [6.45, 7) is 3.88. The molecule has 1 atom stereocenters. The first kappa shape index (κ1) is 10.0. The lowest BCUT2D eigenvalue weighted by molar-refractivity contribution is 0.186. The van der Waals surface area contributed by atoms with E-state index in [1.54, 1.807) is 12.1 Å². The molecular formula is C10H15NO2. The van der Waals surface area contributed by atoms with Gasteiger partial charge in [0.05, 0.1) is 6.10 Å². The largest absolute Gasteiger partial charge is 0.508 e. The van der Waals surface area contributed by atoms with Gasteiger partial charge in [0.25, 0.3) is 0 Å². The van der Waals surface area contributed by atoms with Gasteiger partial charge >= 0.3 is 0 Å².